The number of hydrogen-bond donors (Lipinski definition) is 1. The van der Waals surface area contributed by atoms with Crippen molar-refractivity contribution in [1.82, 2.24) is 9.78 Å². The average Bonchev–Trinajstić information content (AvgIpc) is 2.59. The van der Waals surface area contributed by atoms with Gasteiger partial charge in [0.2, 0.25) is 0 Å². The molecule has 0 amide bonds. The van der Waals surface area contributed by atoms with E-state index in [2.05, 4.69) is 28.0 Å². The quantitative estimate of drug-likeness (QED) is 0.820. The van der Waals surface area contributed by atoms with Crippen molar-refractivity contribution in [3.63, 3.8) is 0 Å². The minimum absolute atomic E-state index is 0.432. The molecule has 1 aromatic rings. The van der Waals surface area contributed by atoms with Gasteiger partial charge in [-0.2, -0.15) is 16.9 Å². The second-order valence-corrected chi connectivity index (χ2v) is 5.29. The maximum absolute atomic E-state index is 10.0. The first-order chi connectivity index (χ1) is 7.20. The Morgan fingerprint density at radius 2 is 2.33 bits per heavy atom. The van der Waals surface area contributed by atoms with Gasteiger partial charge in [-0.05, 0) is 35.0 Å². The number of aryl methyl sites for hydroxylation is 1. The van der Waals surface area contributed by atoms with Crippen LogP contribution in [0.2, 0.25) is 0 Å². The molecule has 5 heteroatoms. The lowest BCUT2D eigenvalue weighted by Crippen LogP contribution is -2.10. The number of hydrogen-bond acceptors (Lipinski definition) is 3. The molecule has 0 radical (unpaired) electrons. The standard InChI is InChI=1S/C10H17BrN2OS/c1-3-5-15-7-9(14)10-8(11)6-12-13(10)4-2/h6,9,14H,3-5,7H2,1-2H3. The first-order valence-electron chi connectivity index (χ1n) is 5.17. The van der Waals surface area contributed by atoms with Crippen molar-refractivity contribution in [2.75, 3.05) is 11.5 Å². The summed E-state index contributed by atoms with van der Waals surface area (Å²) >= 11 is 5.19. The van der Waals surface area contributed by atoms with Crippen LogP contribution in [0.5, 0.6) is 0 Å². The van der Waals surface area contributed by atoms with Gasteiger partial charge in [0.25, 0.3) is 0 Å². The first kappa shape index (κ1) is 13.1. The molecule has 0 aliphatic carbocycles. The number of halogens is 1. The molecule has 0 fully saturated rings. The zero-order valence-electron chi connectivity index (χ0n) is 9.11. The van der Waals surface area contributed by atoms with Gasteiger partial charge in [-0.3, -0.25) is 4.68 Å². The van der Waals surface area contributed by atoms with E-state index in [0.29, 0.717) is 0 Å². The van der Waals surface area contributed by atoms with Gasteiger partial charge in [0.05, 0.1) is 16.4 Å². The smallest absolute Gasteiger partial charge is 0.106 e. The molecule has 0 aliphatic heterocycles. The van der Waals surface area contributed by atoms with Crippen LogP contribution in [0.3, 0.4) is 0 Å². The molecule has 0 aliphatic rings. The van der Waals surface area contributed by atoms with Gasteiger partial charge < -0.3 is 5.11 Å². The summed E-state index contributed by atoms with van der Waals surface area (Å²) < 4.78 is 2.73. The number of nitrogens with zero attached hydrogens (tertiary/aromatic N) is 2. The Morgan fingerprint density at radius 1 is 1.60 bits per heavy atom. The second kappa shape index (κ2) is 6.55. The molecule has 0 saturated carbocycles. The Bertz CT molecular complexity index is 304. The van der Waals surface area contributed by atoms with Gasteiger partial charge in [0, 0.05) is 12.3 Å². The minimum Gasteiger partial charge on any atom is -0.386 e. The predicted molar refractivity (Wildman–Crippen MR) is 68.2 cm³/mol. The Hall–Kier alpha value is 0. The Kier molecular flexibility index (Phi) is 5.71. The minimum atomic E-state index is -0.432. The van der Waals surface area contributed by atoms with Crippen molar-refractivity contribution >= 4 is 27.7 Å². The summed E-state index contributed by atoms with van der Waals surface area (Å²) in [7, 11) is 0. The van der Waals surface area contributed by atoms with E-state index < -0.39 is 6.10 Å². The molecule has 1 N–H and O–H groups in total. The number of aliphatic hydroxyl groups excluding tert-OH is 1. The Labute approximate surface area is 103 Å². The monoisotopic (exact) mass is 292 g/mol. The summed E-state index contributed by atoms with van der Waals surface area (Å²) in [5, 5.41) is 14.2. The fourth-order valence-corrected chi connectivity index (χ4v) is 2.77. The summed E-state index contributed by atoms with van der Waals surface area (Å²) in [6.45, 7) is 4.96. The highest BCUT2D eigenvalue weighted by atomic mass is 79.9. The van der Waals surface area contributed by atoms with Gasteiger partial charge >= 0.3 is 0 Å². The van der Waals surface area contributed by atoms with Gasteiger partial charge in [-0.1, -0.05) is 6.92 Å². The summed E-state index contributed by atoms with van der Waals surface area (Å²) in [5.41, 5.74) is 0.890. The van der Waals surface area contributed by atoms with E-state index >= 15 is 0 Å². The lowest BCUT2D eigenvalue weighted by Gasteiger charge is -2.12. The third kappa shape index (κ3) is 3.50. The van der Waals surface area contributed by atoms with Crippen molar-refractivity contribution in [1.29, 1.82) is 0 Å². The largest absolute Gasteiger partial charge is 0.386 e. The molecule has 1 aromatic heterocycles. The molecule has 0 spiro atoms. The summed E-state index contributed by atoms with van der Waals surface area (Å²) in [4.78, 5) is 0. The van der Waals surface area contributed by atoms with Gasteiger partial charge in [0.15, 0.2) is 0 Å². The van der Waals surface area contributed by atoms with Crippen molar-refractivity contribution in [2.24, 2.45) is 0 Å². The van der Waals surface area contributed by atoms with Crippen LogP contribution in [0.4, 0.5) is 0 Å². The Morgan fingerprint density at radius 3 is 2.93 bits per heavy atom. The highest BCUT2D eigenvalue weighted by Crippen LogP contribution is 2.26. The third-order valence-electron chi connectivity index (χ3n) is 2.07. The number of aliphatic hydroxyl groups is 1. The molecule has 1 rings (SSSR count). The topological polar surface area (TPSA) is 38.1 Å². The van der Waals surface area contributed by atoms with E-state index in [-0.39, 0.29) is 0 Å². The van der Waals surface area contributed by atoms with Crippen LogP contribution in [0.25, 0.3) is 0 Å². The average molecular weight is 293 g/mol. The van der Waals surface area contributed by atoms with Crippen LogP contribution in [0.1, 0.15) is 32.1 Å². The van der Waals surface area contributed by atoms with Gasteiger partial charge in [-0.15, -0.1) is 0 Å². The van der Waals surface area contributed by atoms with E-state index in [0.717, 1.165) is 34.6 Å². The van der Waals surface area contributed by atoms with Crippen molar-refractivity contribution in [2.45, 2.75) is 32.9 Å². The maximum Gasteiger partial charge on any atom is 0.106 e. The normalized spacial score (nSPS) is 13.1. The van der Waals surface area contributed by atoms with Crippen LogP contribution < -0.4 is 0 Å². The van der Waals surface area contributed by atoms with E-state index in [1.165, 1.54) is 0 Å². The van der Waals surface area contributed by atoms with Gasteiger partial charge in [0.1, 0.15) is 6.10 Å². The molecule has 0 aromatic carbocycles. The van der Waals surface area contributed by atoms with E-state index in [1.54, 1.807) is 18.0 Å². The molecule has 1 atom stereocenters. The zero-order valence-corrected chi connectivity index (χ0v) is 11.5. The number of rotatable bonds is 6. The SMILES string of the molecule is CCCSCC(O)c1c(Br)cnn1CC. The lowest BCUT2D eigenvalue weighted by molar-refractivity contribution is 0.191. The van der Waals surface area contributed by atoms with Gasteiger partial charge in [-0.25, -0.2) is 0 Å². The second-order valence-electron chi connectivity index (χ2n) is 3.28. The van der Waals surface area contributed by atoms with Crippen LogP contribution in [0.15, 0.2) is 10.7 Å². The van der Waals surface area contributed by atoms with Crippen LogP contribution >= 0.6 is 27.7 Å². The summed E-state index contributed by atoms with van der Waals surface area (Å²) in [6, 6.07) is 0. The molecule has 0 bridgehead atoms. The molecular formula is C10H17BrN2OS. The molecule has 1 heterocycles. The van der Waals surface area contributed by atoms with Crippen molar-refractivity contribution < 1.29 is 5.11 Å². The zero-order chi connectivity index (χ0) is 11.3. The summed E-state index contributed by atoms with van der Waals surface area (Å²) in [6.07, 6.45) is 2.45. The van der Waals surface area contributed by atoms with Crippen molar-refractivity contribution in [3.8, 4) is 0 Å². The Balaban J connectivity index is 2.63. The molecule has 3 nitrogen and oxygen atoms in total. The highest BCUT2D eigenvalue weighted by Gasteiger charge is 2.16. The van der Waals surface area contributed by atoms with E-state index in [4.69, 9.17) is 0 Å². The molecule has 15 heavy (non-hydrogen) atoms. The van der Waals surface area contributed by atoms with Crippen LogP contribution in [-0.2, 0) is 6.54 Å². The molecule has 0 saturated heterocycles. The van der Waals surface area contributed by atoms with E-state index in [1.807, 2.05) is 11.6 Å². The lowest BCUT2D eigenvalue weighted by atomic mass is 10.3. The fraction of sp³-hybridized carbons (Fsp3) is 0.700. The first-order valence-corrected chi connectivity index (χ1v) is 7.12. The van der Waals surface area contributed by atoms with Crippen LogP contribution in [0, 0.1) is 0 Å². The highest BCUT2D eigenvalue weighted by molar-refractivity contribution is 9.10. The summed E-state index contributed by atoms with van der Waals surface area (Å²) in [5.74, 6) is 1.83. The predicted octanol–water partition coefficient (Wildman–Crippen LogP) is 2.84. The molecular weight excluding hydrogens is 276 g/mol. The molecule has 86 valence electrons. The number of thioether (sulfide) groups is 1. The molecule has 1 unspecified atom stereocenters. The maximum atomic E-state index is 10.0. The fourth-order valence-electron chi connectivity index (χ4n) is 1.37. The van der Waals surface area contributed by atoms with E-state index in [9.17, 15) is 5.11 Å². The number of aromatic nitrogens is 2. The van der Waals surface area contributed by atoms with Crippen molar-refractivity contribution in [3.05, 3.63) is 16.4 Å². The van der Waals surface area contributed by atoms with Crippen LogP contribution in [-0.4, -0.2) is 26.4 Å². The third-order valence-corrected chi connectivity index (χ3v) is 3.93.